The first-order valence-electron chi connectivity index (χ1n) is 7.62. The van der Waals surface area contributed by atoms with Crippen LogP contribution in [0.15, 0.2) is 71.8 Å². The molecule has 0 amide bonds. The summed E-state index contributed by atoms with van der Waals surface area (Å²) in [4.78, 5) is 4.25. The van der Waals surface area contributed by atoms with Gasteiger partial charge in [0.05, 0.1) is 34.6 Å². The van der Waals surface area contributed by atoms with Crippen LogP contribution in [0.25, 0.3) is 0 Å². The Balaban J connectivity index is 1.73. The number of hydrogen-bond acceptors (Lipinski definition) is 5. The highest BCUT2D eigenvalue weighted by Gasteiger charge is 2.14. The fourth-order valence-electron chi connectivity index (χ4n) is 2.20. The molecule has 1 heterocycles. The van der Waals surface area contributed by atoms with E-state index in [9.17, 15) is 8.42 Å². The summed E-state index contributed by atoms with van der Waals surface area (Å²) in [5.41, 5.74) is 1.42. The van der Waals surface area contributed by atoms with E-state index in [0.29, 0.717) is 16.5 Å². The van der Waals surface area contributed by atoms with E-state index >= 15 is 0 Å². The molecule has 0 spiro atoms. The first kappa shape index (κ1) is 18.0. The highest BCUT2D eigenvalue weighted by Crippen LogP contribution is 2.25. The molecule has 0 atom stereocenters. The number of nitrogens with one attached hydrogen (secondary N) is 2. The average Bonchev–Trinajstić information content (AvgIpc) is 2.65. The van der Waals surface area contributed by atoms with E-state index in [2.05, 4.69) is 15.0 Å². The van der Waals surface area contributed by atoms with Crippen molar-refractivity contribution in [3.63, 3.8) is 0 Å². The van der Waals surface area contributed by atoms with Gasteiger partial charge in [0.15, 0.2) is 0 Å². The van der Waals surface area contributed by atoms with Crippen molar-refractivity contribution < 1.29 is 13.2 Å². The molecular weight excluding hydrogens is 374 g/mol. The Kier molecular flexibility index (Phi) is 5.29. The largest absolute Gasteiger partial charge is 0.497 e. The number of ether oxygens (including phenoxy) is 1. The molecule has 0 radical (unpaired) electrons. The van der Waals surface area contributed by atoms with E-state index in [1.54, 1.807) is 30.3 Å². The Hall–Kier alpha value is -2.77. The summed E-state index contributed by atoms with van der Waals surface area (Å²) in [7, 11) is -2.21. The van der Waals surface area contributed by atoms with Crippen molar-refractivity contribution in [3.8, 4) is 5.75 Å². The molecule has 8 heteroatoms. The summed E-state index contributed by atoms with van der Waals surface area (Å²) < 4.78 is 32.3. The molecule has 0 bridgehead atoms. The van der Waals surface area contributed by atoms with Gasteiger partial charge in [-0.05, 0) is 48.5 Å². The van der Waals surface area contributed by atoms with Crippen LogP contribution >= 0.6 is 11.6 Å². The van der Waals surface area contributed by atoms with Crippen LogP contribution in [0.4, 0.5) is 17.2 Å². The molecule has 1 aromatic heterocycles. The van der Waals surface area contributed by atoms with Crippen molar-refractivity contribution in [2.24, 2.45) is 0 Å². The van der Waals surface area contributed by atoms with Gasteiger partial charge in [-0.1, -0.05) is 23.7 Å². The van der Waals surface area contributed by atoms with Gasteiger partial charge in [0, 0.05) is 0 Å². The van der Waals surface area contributed by atoms with Gasteiger partial charge in [0.2, 0.25) is 0 Å². The maximum Gasteiger partial charge on any atom is 0.263 e. The van der Waals surface area contributed by atoms with Crippen LogP contribution in [0.3, 0.4) is 0 Å². The van der Waals surface area contributed by atoms with Crippen molar-refractivity contribution in [2.45, 2.75) is 4.90 Å². The van der Waals surface area contributed by atoms with E-state index in [1.165, 1.54) is 25.4 Å². The summed E-state index contributed by atoms with van der Waals surface area (Å²) in [6, 6.07) is 16.7. The molecule has 0 fully saturated rings. The first-order chi connectivity index (χ1) is 12.5. The van der Waals surface area contributed by atoms with Gasteiger partial charge >= 0.3 is 0 Å². The van der Waals surface area contributed by atoms with Gasteiger partial charge < -0.3 is 10.1 Å². The third-order valence-electron chi connectivity index (χ3n) is 3.53. The SMILES string of the molecule is COc1ccc(S(=O)(=O)Nc2ccc(Nc3ccccc3Cl)cn2)cc1. The number of rotatable bonds is 6. The summed E-state index contributed by atoms with van der Waals surface area (Å²) in [5.74, 6) is 0.794. The number of nitrogens with zero attached hydrogens (tertiary/aromatic N) is 1. The number of hydrogen-bond donors (Lipinski definition) is 2. The maximum atomic E-state index is 12.4. The molecular formula is C18H16ClN3O3S. The van der Waals surface area contributed by atoms with Crippen LogP contribution in [0.2, 0.25) is 5.02 Å². The second-order valence-corrected chi connectivity index (χ2v) is 7.41. The standard InChI is InChI=1S/C18H16ClN3O3S/c1-25-14-7-9-15(10-8-14)26(23,24)22-18-11-6-13(12-20-18)21-17-5-3-2-4-16(17)19/h2-12,21H,1H3,(H,20,22). The molecule has 3 aromatic rings. The van der Waals surface area contributed by atoms with Crippen LogP contribution in [0.5, 0.6) is 5.75 Å². The summed E-state index contributed by atoms with van der Waals surface area (Å²) in [6.07, 6.45) is 1.52. The highest BCUT2D eigenvalue weighted by atomic mass is 35.5. The topological polar surface area (TPSA) is 80.3 Å². The van der Waals surface area contributed by atoms with E-state index in [0.717, 1.165) is 5.69 Å². The molecule has 2 aromatic carbocycles. The first-order valence-corrected chi connectivity index (χ1v) is 9.48. The molecule has 0 aliphatic heterocycles. The quantitative estimate of drug-likeness (QED) is 0.657. The van der Waals surface area contributed by atoms with Crippen LogP contribution in [0.1, 0.15) is 0 Å². The van der Waals surface area contributed by atoms with E-state index in [-0.39, 0.29) is 10.7 Å². The zero-order chi connectivity index (χ0) is 18.6. The van der Waals surface area contributed by atoms with E-state index in [4.69, 9.17) is 16.3 Å². The number of anilines is 3. The molecule has 0 saturated heterocycles. The molecule has 6 nitrogen and oxygen atoms in total. The van der Waals surface area contributed by atoms with Crippen LogP contribution in [0, 0.1) is 0 Å². The van der Waals surface area contributed by atoms with Gasteiger partial charge in [-0.15, -0.1) is 0 Å². The summed E-state index contributed by atoms with van der Waals surface area (Å²) >= 11 is 6.10. The average molecular weight is 390 g/mol. The van der Waals surface area contributed by atoms with Gasteiger partial charge in [-0.25, -0.2) is 13.4 Å². The minimum atomic E-state index is -3.73. The number of benzene rings is 2. The van der Waals surface area contributed by atoms with Crippen LogP contribution in [-0.2, 0) is 10.0 Å². The molecule has 134 valence electrons. The summed E-state index contributed by atoms with van der Waals surface area (Å²) in [6.45, 7) is 0. The Morgan fingerprint density at radius 2 is 1.73 bits per heavy atom. The second kappa shape index (κ2) is 7.63. The Morgan fingerprint density at radius 1 is 1.00 bits per heavy atom. The van der Waals surface area contributed by atoms with E-state index < -0.39 is 10.0 Å². The summed E-state index contributed by atoms with van der Waals surface area (Å²) in [5, 5.41) is 3.70. The van der Waals surface area contributed by atoms with Crippen molar-refractivity contribution >= 4 is 38.8 Å². The Morgan fingerprint density at radius 3 is 2.35 bits per heavy atom. The van der Waals surface area contributed by atoms with E-state index in [1.807, 2.05) is 18.2 Å². The van der Waals surface area contributed by atoms with Crippen molar-refractivity contribution in [2.75, 3.05) is 17.1 Å². The van der Waals surface area contributed by atoms with Crippen molar-refractivity contribution in [1.29, 1.82) is 0 Å². The number of halogens is 1. The zero-order valence-electron chi connectivity index (χ0n) is 13.8. The molecule has 0 aliphatic rings. The molecule has 0 aliphatic carbocycles. The van der Waals surface area contributed by atoms with Gasteiger partial charge in [-0.2, -0.15) is 0 Å². The third-order valence-corrected chi connectivity index (χ3v) is 5.23. The Bertz CT molecular complexity index is 991. The maximum absolute atomic E-state index is 12.4. The number of sulfonamides is 1. The predicted octanol–water partition coefficient (Wildman–Crippen LogP) is 4.29. The van der Waals surface area contributed by atoms with Gasteiger partial charge in [-0.3, -0.25) is 4.72 Å². The minimum Gasteiger partial charge on any atom is -0.497 e. The Labute approximate surface area is 156 Å². The molecule has 3 rings (SSSR count). The second-order valence-electron chi connectivity index (χ2n) is 5.32. The fraction of sp³-hybridized carbons (Fsp3) is 0.0556. The van der Waals surface area contributed by atoms with Gasteiger partial charge in [0.1, 0.15) is 11.6 Å². The lowest BCUT2D eigenvalue weighted by Gasteiger charge is -2.10. The third kappa shape index (κ3) is 4.25. The van der Waals surface area contributed by atoms with Crippen LogP contribution in [-0.4, -0.2) is 20.5 Å². The highest BCUT2D eigenvalue weighted by molar-refractivity contribution is 7.92. The molecule has 2 N–H and O–H groups in total. The van der Waals surface area contributed by atoms with Crippen molar-refractivity contribution in [3.05, 3.63) is 71.9 Å². The normalized spacial score (nSPS) is 11.0. The fourth-order valence-corrected chi connectivity index (χ4v) is 3.39. The smallest absolute Gasteiger partial charge is 0.263 e. The van der Waals surface area contributed by atoms with Crippen molar-refractivity contribution in [1.82, 2.24) is 4.98 Å². The monoisotopic (exact) mass is 389 g/mol. The lowest BCUT2D eigenvalue weighted by atomic mass is 10.3. The lowest BCUT2D eigenvalue weighted by molar-refractivity contribution is 0.414. The number of pyridine rings is 1. The molecule has 26 heavy (non-hydrogen) atoms. The predicted molar refractivity (Wildman–Crippen MR) is 103 cm³/mol. The molecule has 0 unspecified atom stereocenters. The van der Waals surface area contributed by atoms with Gasteiger partial charge in [0.25, 0.3) is 10.0 Å². The number of methoxy groups -OCH3 is 1. The van der Waals surface area contributed by atoms with Crippen LogP contribution < -0.4 is 14.8 Å². The minimum absolute atomic E-state index is 0.123. The zero-order valence-corrected chi connectivity index (χ0v) is 15.4. The number of aromatic nitrogens is 1. The lowest BCUT2D eigenvalue weighted by Crippen LogP contribution is -2.13. The number of para-hydroxylation sites is 1. The molecule has 0 saturated carbocycles.